The van der Waals surface area contributed by atoms with Crippen LogP contribution in [-0.4, -0.2) is 39.9 Å². The van der Waals surface area contributed by atoms with Gasteiger partial charge in [-0.05, 0) is 20.8 Å². The highest BCUT2D eigenvalue weighted by molar-refractivity contribution is 5.83. The summed E-state index contributed by atoms with van der Waals surface area (Å²) < 4.78 is 0. The maximum absolute atomic E-state index is 12.1. The van der Waals surface area contributed by atoms with Crippen molar-refractivity contribution in [2.75, 3.05) is 18.4 Å². The summed E-state index contributed by atoms with van der Waals surface area (Å²) in [4.78, 5) is 32.2. The zero-order chi connectivity index (χ0) is 14.4. The second-order valence-electron chi connectivity index (χ2n) is 4.31. The van der Waals surface area contributed by atoms with Crippen LogP contribution in [0, 0.1) is 0 Å². The summed E-state index contributed by atoms with van der Waals surface area (Å²) >= 11 is 0. The number of amides is 1. The van der Waals surface area contributed by atoms with Crippen molar-refractivity contribution < 1.29 is 4.79 Å². The quantitative estimate of drug-likeness (QED) is 0.805. The van der Waals surface area contributed by atoms with Crippen molar-refractivity contribution in [3.05, 3.63) is 22.2 Å². The number of likely N-dealkylation sites (N-methyl/N-ethyl adjacent to an activating group) is 1. The number of rotatable bonds is 6. The molecule has 1 aromatic rings. The molecule has 1 atom stereocenters. The van der Waals surface area contributed by atoms with Crippen LogP contribution >= 0.6 is 0 Å². The molecule has 0 aliphatic rings. The maximum Gasteiger partial charge on any atom is 0.252 e. The van der Waals surface area contributed by atoms with E-state index in [1.165, 1.54) is 6.07 Å². The minimum Gasteiger partial charge on any atom is -0.358 e. The number of aromatic amines is 1. The van der Waals surface area contributed by atoms with Crippen LogP contribution in [0.25, 0.3) is 0 Å². The Hall–Kier alpha value is -1.85. The van der Waals surface area contributed by atoms with Gasteiger partial charge in [0.2, 0.25) is 5.91 Å². The standard InChI is InChI=1S/C13H22N4O2/c1-5-10-15-11(8-12(18)16-10)14-9(4)13(19)17(6-2)7-3/h8-9H,5-7H2,1-4H3,(H2,14,15,16,18). The summed E-state index contributed by atoms with van der Waals surface area (Å²) in [7, 11) is 0. The van der Waals surface area contributed by atoms with Gasteiger partial charge in [-0.15, -0.1) is 0 Å². The lowest BCUT2D eigenvalue weighted by atomic mass is 10.2. The van der Waals surface area contributed by atoms with Crippen LogP contribution in [0.4, 0.5) is 5.82 Å². The lowest BCUT2D eigenvalue weighted by molar-refractivity contribution is -0.131. The first kappa shape index (κ1) is 15.2. The number of H-pyrrole nitrogens is 1. The average molecular weight is 266 g/mol. The summed E-state index contributed by atoms with van der Waals surface area (Å²) in [6.45, 7) is 8.90. The highest BCUT2D eigenvalue weighted by atomic mass is 16.2. The summed E-state index contributed by atoms with van der Waals surface area (Å²) in [6.07, 6.45) is 0.642. The Morgan fingerprint density at radius 3 is 2.58 bits per heavy atom. The molecule has 0 aliphatic heterocycles. The van der Waals surface area contributed by atoms with E-state index in [9.17, 15) is 9.59 Å². The number of hydrogen-bond acceptors (Lipinski definition) is 4. The van der Waals surface area contributed by atoms with Crippen molar-refractivity contribution in [2.24, 2.45) is 0 Å². The molecular weight excluding hydrogens is 244 g/mol. The van der Waals surface area contributed by atoms with Crippen LogP contribution in [0.2, 0.25) is 0 Å². The van der Waals surface area contributed by atoms with E-state index in [0.29, 0.717) is 31.2 Å². The van der Waals surface area contributed by atoms with Crippen molar-refractivity contribution in [3.63, 3.8) is 0 Å². The summed E-state index contributed by atoms with van der Waals surface area (Å²) in [5.74, 6) is 1.05. The van der Waals surface area contributed by atoms with Crippen molar-refractivity contribution in [1.82, 2.24) is 14.9 Å². The number of nitrogens with zero attached hydrogens (tertiary/aromatic N) is 2. The Morgan fingerprint density at radius 2 is 2.05 bits per heavy atom. The maximum atomic E-state index is 12.1. The van der Waals surface area contributed by atoms with E-state index in [-0.39, 0.29) is 11.5 Å². The van der Waals surface area contributed by atoms with Crippen molar-refractivity contribution in [1.29, 1.82) is 0 Å². The molecule has 0 aliphatic carbocycles. The molecule has 0 bridgehead atoms. The summed E-state index contributed by atoms with van der Waals surface area (Å²) in [5, 5.41) is 2.98. The third-order valence-corrected chi connectivity index (χ3v) is 2.94. The fraction of sp³-hybridized carbons (Fsp3) is 0.615. The lowest BCUT2D eigenvalue weighted by Gasteiger charge is -2.23. The third kappa shape index (κ3) is 4.08. The number of carbonyl (C=O) groups is 1. The number of anilines is 1. The second kappa shape index (κ2) is 6.92. The predicted molar refractivity (Wildman–Crippen MR) is 75.2 cm³/mol. The monoisotopic (exact) mass is 266 g/mol. The number of aryl methyl sites for hydroxylation is 1. The van der Waals surface area contributed by atoms with Crippen LogP contribution in [0.3, 0.4) is 0 Å². The van der Waals surface area contributed by atoms with Crippen LogP contribution in [0.5, 0.6) is 0 Å². The predicted octanol–water partition coefficient (Wildman–Crippen LogP) is 1.00. The molecule has 0 spiro atoms. The van der Waals surface area contributed by atoms with Gasteiger partial charge in [-0.25, -0.2) is 4.98 Å². The highest BCUT2D eigenvalue weighted by Crippen LogP contribution is 2.04. The fourth-order valence-electron chi connectivity index (χ4n) is 1.84. The van der Waals surface area contributed by atoms with Crippen molar-refractivity contribution >= 4 is 11.7 Å². The largest absolute Gasteiger partial charge is 0.358 e. The molecule has 0 aromatic carbocycles. The molecule has 1 heterocycles. The summed E-state index contributed by atoms with van der Waals surface area (Å²) in [6, 6.07) is 0.962. The fourth-order valence-corrected chi connectivity index (χ4v) is 1.84. The van der Waals surface area contributed by atoms with E-state index in [0.717, 1.165) is 0 Å². The topological polar surface area (TPSA) is 78.1 Å². The molecule has 0 saturated heterocycles. The smallest absolute Gasteiger partial charge is 0.252 e. The second-order valence-corrected chi connectivity index (χ2v) is 4.31. The number of hydrogen-bond donors (Lipinski definition) is 2. The first-order valence-corrected chi connectivity index (χ1v) is 6.67. The van der Waals surface area contributed by atoms with Crippen LogP contribution < -0.4 is 10.9 Å². The molecule has 1 rings (SSSR count). The Kier molecular flexibility index (Phi) is 5.54. The van der Waals surface area contributed by atoms with Gasteiger partial charge in [-0.2, -0.15) is 0 Å². The van der Waals surface area contributed by atoms with Crippen LogP contribution in [0.1, 0.15) is 33.5 Å². The van der Waals surface area contributed by atoms with Gasteiger partial charge in [-0.3, -0.25) is 9.59 Å². The van der Waals surface area contributed by atoms with Gasteiger partial charge in [0.25, 0.3) is 5.56 Å². The van der Waals surface area contributed by atoms with Gasteiger partial charge in [0.15, 0.2) is 0 Å². The number of aromatic nitrogens is 2. The van der Waals surface area contributed by atoms with Gasteiger partial charge in [0, 0.05) is 25.6 Å². The molecule has 1 amide bonds. The number of nitrogens with one attached hydrogen (secondary N) is 2. The highest BCUT2D eigenvalue weighted by Gasteiger charge is 2.18. The van der Waals surface area contributed by atoms with Crippen molar-refractivity contribution in [2.45, 2.75) is 40.2 Å². The minimum atomic E-state index is -0.404. The molecule has 19 heavy (non-hydrogen) atoms. The van der Waals surface area contributed by atoms with E-state index in [4.69, 9.17) is 0 Å². The zero-order valence-electron chi connectivity index (χ0n) is 12.0. The first-order valence-electron chi connectivity index (χ1n) is 6.67. The molecule has 0 fully saturated rings. The normalized spacial score (nSPS) is 12.0. The molecule has 0 radical (unpaired) electrons. The van der Waals surface area contributed by atoms with E-state index >= 15 is 0 Å². The zero-order valence-corrected chi connectivity index (χ0v) is 12.0. The molecule has 0 saturated carbocycles. The molecule has 1 aromatic heterocycles. The first-order chi connectivity index (χ1) is 9.01. The van der Waals surface area contributed by atoms with Crippen molar-refractivity contribution in [3.8, 4) is 0 Å². The van der Waals surface area contributed by atoms with Crippen LogP contribution in [0.15, 0.2) is 10.9 Å². The molecule has 2 N–H and O–H groups in total. The van der Waals surface area contributed by atoms with E-state index in [1.54, 1.807) is 11.8 Å². The van der Waals surface area contributed by atoms with E-state index < -0.39 is 6.04 Å². The Morgan fingerprint density at radius 1 is 1.42 bits per heavy atom. The summed E-state index contributed by atoms with van der Waals surface area (Å²) in [5.41, 5.74) is -0.211. The van der Waals surface area contributed by atoms with Gasteiger partial charge < -0.3 is 15.2 Å². The Labute approximate surface area is 113 Å². The van der Waals surface area contributed by atoms with E-state index in [1.807, 2.05) is 20.8 Å². The van der Waals surface area contributed by atoms with Gasteiger partial charge >= 0.3 is 0 Å². The molecular formula is C13H22N4O2. The van der Waals surface area contributed by atoms with Gasteiger partial charge in [0.05, 0.1) is 0 Å². The Bertz CT molecular complexity index is 480. The minimum absolute atomic E-state index is 0.00475. The Balaban J connectivity index is 2.81. The lowest BCUT2D eigenvalue weighted by Crippen LogP contribution is -2.41. The van der Waals surface area contributed by atoms with E-state index in [2.05, 4.69) is 15.3 Å². The SMILES string of the molecule is CCc1nc(NC(C)C(=O)N(CC)CC)cc(=O)[nH]1. The van der Waals surface area contributed by atoms with Gasteiger partial charge in [-0.1, -0.05) is 6.92 Å². The average Bonchev–Trinajstić information content (AvgIpc) is 2.39. The molecule has 6 nitrogen and oxygen atoms in total. The molecule has 6 heteroatoms. The molecule has 1 unspecified atom stereocenters. The van der Waals surface area contributed by atoms with Gasteiger partial charge in [0.1, 0.15) is 17.7 Å². The molecule has 106 valence electrons. The number of carbonyl (C=O) groups excluding carboxylic acids is 1. The third-order valence-electron chi connectivity index (χ3n) is 2.94. The van der Waals surface area contributed by atoms with Crippen LogP contribution in [-0.2, 0) is 11.2 Å².